The Morgan fingerprint density at radius 2 is 1.96 bits per heavy atom. The molecule has 0 unspecified atom stereocenters. The molecule has 2 amide bonds. The zero-order valence-corrected chi connectivity index (χ0v) is 16.3. The summed E-state index contributed by atoms with van der Waals surface area (Å²) in [6.45, 7) is 3.59. The third-order valence-electron chi connectivity index (χ3n) is 5.62. The average molecular weight is 402 g/mol. The molecule has 1 N–H and O–H groups in total. The molecule has 2 heterocycles. The van der Waals surface area contributed by atoms with Crippen LogP contribution in [0.5, 0.6) is 0 Å². The number of piperidine rings is 1. The van der Waals surface area contributed by atoms with Crippen molar-refractivity contribution >= 4 is 29.1 Å². The SMILES string of the molecule is CCN1c2cc(F)ccc2C(=O)NC12CCN(C(=O)c1cccc(Cl)c1)CC2. The molecule has 0 bridgehead atoms. The second kappa shape index (κ2) is 7.09. The molecule has 1 spiro atoms. The summed E-state index contributed by atoms with van der Waals surface area (Å²) in [6, 6.07) is 11.1. The number of nitrogens with zero attached hydrogens (tertiary/aromatic N) is 2. The predicted molar refractivity (Wildman–Crippen MR) is 106 cm³/mol. The van der Waals surface area contributed by atoms with Crippen LogP contribution in [0, 0.1) is 5.82 Å². The first-order valence-corrected chi connectivity index (χ1v) is 9.76. The van der Waals surface area contributed by atoms with Gasteiger partial charge in [0, 0.05) is 43.1 Å². The van der Waals surface area contributed by atoms with Crippen LogP contribution in [0.1, 0.15) is 40.5 Å². The van der Waals surface area contributed by atoms with Crippen molar-refractivity contribution in [2.75, 3.05) is 24.5 Å². The van der Waals surface area contributed by atoms with Gasteiger partial charge in [-0.05, 0) is 43.3 Å². The van der Waals surface area contributed by atoms with Crippen LogP contribution >= 0.6 is 11.6 Å². The molecule has 0 saturated carbocycles. The van der Waals surface area contributed by atoms with Crippen molar-refractivity contribution in [2.45, 2.75) is 25.4 Å². The number of rotatable bonds is 2. The Balaban J connectivity index is 1.57. The number of fused-ring (bicyclic) bond motifs is 1. The normalized spacial score (nSPS) is 18.0. The molecule has 4 rings (SSSR count). The first-order valence-electron chi connectivity index (χ1n) is 9.38. The van der Waals surface area contributed by atoms with Gasteiger partial charge in [-0.3, -0.25) is 9.59 Å². The molecule has 2 aliphatic rings. The van der Waals surface area contributed by atoms with Crippen molar-refractivity contribution in [3.05, 3.63) is 64.4 Å². The van der Waals surface area contributed by atoms with Gasteiger partial charge in [0.15, 0.2) is 0 Å². The van der Waals surface area contributed by atoms with Crippen LogP contribution in [-0.2, 0) is 0 Å². The van der Waals surface area contributed by atoms with Gasteiger partial charge in [0.25, 0.3) is 11.8 Å². The highest BCUT2D eigenvalue weighted by molar-refractivity contribution is 6.30. The van der Waals surface area contributed by atoms with E-state index in [0.717, 1.165) is 0 Å². The van der Waals surface area contributed by atoms with E-state index in [4.69, 9.17) is 11.6 Å². The zero-order chi connectivity index (χ0) is 19.9. The summed E-state index contributed by atoms with van der Waals surface area (Å²) < 4.78 is 13.9. The second-order valence-corrected chi connectivity index (χ2v) is 7.63. The van der Waals surface area contributed by atoms with Crippen molar-refractivity contribution in [1.29, 1.82) is 0 Å². The molecular formula is C21H21ClFN3O2. The number of amides is 2. The Kier molecular flexibility index (Phi) is 4.75. The molecule has 2 aliphatic heterocycles. The van der Waals surface area contributed by atoms with Gasteiger partial charge in [-0.2, -0.15) is 0 Å². The summed E-state index contributed by atoms with van der Waals surface area (Å²) >= 11 is 6.00. The standard InChI is InChI=1S/C21H21ClFN3O2/c1-2-26-18-13-16(23)6-7-17(18)19(27)24-21(26)8-10-25(11-9-21)20(28)14-4-3-5-15(22)12-14/h3-7,12-13H,2,8-11H2,1H3,(H,24,27). The molecule has 5 nitrogen and oxygen atoms in total. The summed E-state index contributed by atoms with van der Waals surface area (Å²) in [4.78, 5) is 29.3. The maximum Gasteiger partial charge on any atom is 0.255 e. The largest absolute Gasteiger partial charge is 0.348 e. The van der Waals surface area contributed by atoms with E-state index in [-0.39, 0.29) is 17.6 Å². The van der Waals surface area contributed by atoms with E-state index in [1.54, 1.807) is 29.2 Å². The van der Waals surface area contributed by atoms with Crippen LogP contribution in [-0.4, -0.2) is 42.0 Å². The van der Waals surface area contributed by atoms with Gasteiger partial charge in [0.2, 0.25) is 0 Å². The van der Waals surface area contributed by atoms with Crippen LogP contribution in [0.2, 0.25) is 5.02 Å². The number of halogens is 2. The quantitative estimate of drug-likeness (QED) is 0.835. The number of hydrogen-bond acceptors (Lipinski definition) is 3. The van der Waals surface area contributed by atoms with E-state index in [1.807, 2.05) is 11.8 Å². The Bertz CT molecular complexity index is 941. The molecule has 0 radical (unpaired) electrons. The maximum absolute atomic E-state index is 13.9. The number of nitrogens with one attached hydrogen (secondary N) is 1. The van der Waals surface area contributed by atoms with Gasteiger partial charge >= 0.3 is 0 Å². The van der Waals surface area contributed by atoms with Crippen LogP contribution in [0.25, 0.3) is 0 Å². The number of anilines is 1. The van der Waals surface area contributed by atoms with Crippen LogP contribution in [0.15, 0.2) is 42.5 Å². The van der Waals surface area contributed by atoms with Crippen molar-refractivity contribution in [2.24, 2.45) is 0 Å². The van der Waals surface area contributed by atoms with E-state index in [9.17, 15) is 14.0 Å². The van der Waals surface area contributed by atoms with Gasteiger partial charge in [-0.15, -0.1) is 0 Å². The number of benzene rings is 2. The summed E-state index contributed by atoms with van der Waals surface area (Å²) in [5, 5.41) is 3.65. The molecule has 2 aromatic carbocycles. The van der Waals surface area contributed by atoms with E-state index < -0.39 is 5.66 Å². The lowest BCUT2D eigenvalue weighted by Gasteiger charge is -2.52. The fourth-order valence-corrected chi connectivity index (χ4v) is 4.44. The average Bonchev–Trinajstić information content (AvgIpc) is 2.68. The number of carbonyl (C=O) groups is 2. The Morgan fingerprint density at radius 1 is 1.21 bits per heavy atom. The van der Waals surface area contributed by atoms with Crippen LogP contribution in [0.3, 0.4) is 0 Å². The minimum atomic E-state index is -0.613. The highest BCUT2D eigenvalue weighted by atomic mass is 35.5. The predicted octanol–water partition coefficient (Wildman–Crippen LogP) is 3.68. The van der Waals surface area contributed by atoms with Gasteiger partial charge in [-0.25, -0.2) is 4.39 Å². The van der Waals surface area contributed by atoms with Crippen molar-refractivity contribution in [1.82, 2.24) is 10.2 Å². The molecule has 28 heavy (non-hydrogen) atoms. The summed E-state index contributed by atoms with van der Waals surface area (Å²) in [5.74, 6) is -0.640. The van der Waals surface area contributed by atoms with E-state index in [1.165, 1.54) is 18.2 Å². The highest BCUT2D eigenvalue weighted by Gasteiger charge is 2.46. The maximum atomic E-state index is 13.9. The molecule has 0 atom stereocenters. The first kappa shape index (κ1) is 18.7. The smallest absolute Gasteiger partial charge is 0.255 e. The summed E-state index contributed by atoms with van der Waals surface area (Å²) in [5.41, 5.74) is 1.03. The van der Waals surface area contributed by atoms with E-state index in [2.05, 4.69) is 5.32 Å². The lowest BCUT2D eigenvalue weighted by Crippen LogP contribution is -2.68. The van der Waals surface area contributed by atoms with Gasteiger partial charge < -0.3 is 15.1 Å². The summed E-state index contributed by atoms with van der Waals surface area (Å²) in [7, 11) is 0. The van der Waals surface area contributed by atoms with Crippen LogP contribution in [0.4, 0.5) is 10.1 Å². The van der Waals surface area contributed by atoms with Gasteiger partial charge in [-0.1, -0.05) is 17.7 Å². The number of carbonyl (C=O) groups excluding carboxylic acids is 2. The summed E-state index contributed by atoms with van der Waals surface area (Å²) in [6.07, 6.45) is 1.13. The van der Waals surface area contributed by atoms with Crippen LogP contribution < -0.4 is 10.2 Å². The highest BCUT2D eigenvalue weighted by Crippen LogP contribution is 2.37. The van der Waals surface area contributed by atoms with Crippen molar-refractivity contribution in [3.63, 3.8) is 0 Å². The minimum absolute atomic E-state index is 0.0750. The minimum Gasteiger partial charge on any atom is -0.348 e. The van der Waals surface area contributed by atoms with Gasteiger partial charge in [0.05, 0.1) is 11.3 Å². The van der Waals surface area contributed by atoms with Gasteiger partial charge in [0.1, 0.15) is 11.5 Å². The third-order valence-corrected chi connectivity index (χ3v) is 5.86. The molecule has 1 fully saturated rings. The Labute approximate surface area is 168 Å². The Hall–Kier alpha value is -2.60. The lowest BCUT2D eigenvalue weighted by atomic mass is 9.89. The molecular weight excluding hydrogens is 381 g/mol. The number of likely N-dealkylation sites (tertiary alicyclic amines) is 1. The van der Waals surface area contributed by atoms with Crippen molar-refractivity contribution in [3.8, 4) is 0 Å². The molecule has 7 heteroatoms. The topological polar surface area (TPSA) is 52.7 Å². The molecule has 0 aromatic heterocycles. The lowest BCUT2D eigenvalue weighted by molar-refractivity contribution is 0.0603. The third kappa shape index (κ3) is 3.11. The van der Waals surface area contributed by atoms with Crippen molar-refractivity contribution < 1.29 is 14.0 Å². The second-order valence-electron chi connectivity index (χ2n) is 7.19. The number of hydrogen-bond donors (Lipinski definition) is 1. The fourth-order valence-electron chi connectivity index (χ4n) is 4.25. The van der Waals surface area contributed by atoms with E-state index in [0.29, 0.717) is 54.3 Å². The van der Waals surface area contributed by atoms with E-state index >= 15 is 0 Å². The Morgan fingerprint density at radius 3 is 2.64 bits per heavy atom. The first-order chi connectivity index (χ1) is 13.4. The molecule has 1 saturated heterocycles. The molecule has 2 aromatic rings. The fraction of sp³-hybridized carbons (Fsp3) is 0.333. The zero-order valence-electron chi connectivity index (χ0n) is 15.5. The monoisotopic (exact) mass is 401 g/mol. The molecule has 146 valence electrons. The molecule has 0 aliphatic carbocycles.